The molecule has 0 radical (unpaired) electrons. The van der Waals surface area contributed by atoms with E-state index in [1.165, 1.54) is 12.1 Å². The van der Waals surface area contributed by atoms with Crippen LogP contribution in [0.25, 0.3) is 0 Å². The molecule has 148 valence electrons. The molecule has 0 aromatic heterocycles. The van der Waals surface area contributed by atoms with E-state index in [0.717, 1.165) is 6.07 Å². The Kier molecular flexibility index (Phi) is 7.51. The first-order valence-electron chi connectivity index (χ1n) is 6.85. The molecule has 0 atom stereocenters. The largest absolute Gasteiger partial charge is 0.541 e. The van der Waals surface area contributed by atoms with Crippen molar-refractivity contribution in [1.29, 1.82) is 0 Å². The predicted octanol–water partition coefficient (Wildman–Crippen LogP) is 3.51. The number of carboxylic acids is 1. The Morgan fingerprint density at radius 1 is 1.12 bits per heavy atom. The lowest BCUT2D eigenvalue weighted by atomic mass is 10.2. The lowest BCUT2D eigenvalue weighted by Crippen LogP contribution is -2.45. The van der Waals surface area contributed by atoms with Gasteiger partial charge in [-0.25, -0.2) is 0 Å². The van der Waals surface area contributed by atoms with Crippen molar-refractivity contribution in [2.24, 2.45) is 0 Å². The van der Waals surface area contributed by atoms with Crippen LogP contribution >= 0.6 is 22.6 Å². The van der Waals surface area contributed by atoms with Crippen molar-refractivity contribution in [2.45, 2.75) is 37.7 Å². The summed E-state index contributed by atoms with van der Waals surface area (Å²) in [6, 6.07) is 3.58. The standard InChI is InChI=1S/C14H12F7IO4/c15-12(16,14(19,20)21)4-1-5-25-7-8-2-3-10(9(22)6-8)26-13(17,18)11(23)24/h2-3,6H,1,4-5,7H2,(H,23,24)/p-1. The summed E-state index contributed by atoms with van der Waals surface area (Å²) in [5.41, 5.74) is 0.390. The first-order valence-corrected chi connectivity index (χ1v) is 7.93. The highest BCUT2D eigenvalue weighted by atomic mass is 127. The fourth-order valence-electron chi connectivity index (χ4n) is 1.62. The second-order valence-electron chi connectivity index (χ2n) is 5.03. The maximum absolute atomic E-state index is 12.9. The number of hydrogen-bond donors (Lipinski definition) is 0. The third-order valence-corrected chi connectivity index (χ3v) is 3.78. The van der Waals surface area contributed by atoms with Gasteiger partial charge in [-0.2, -0.15) is 30.7 Å². The zero-order valence-corrected chi connectivity index (χ0v) is 14.9. The van der Waals surface area contributed by atoms with Crippen LogP contribution < -0.4 is 9.84 Å². The minimum Gasteiger partial charge on any atom is -0.541 e. The molecule has 0 N–H and O–H groups in total. The lowest BCUT2D eigenvalue weighted by molar-refractivity contribution is -0.350. The molecule has 1 rings (SSSR count). The summed E-state index contributed by atoms with van der Waals surface area (Å²) in [6.07, 6.45) is -12.1. The smallest absolute Gasteiger partial charge is 0.453 e. The lowest BCUT2D eigenvalue weighted by Gasteiger charge is -2.20. The van der Waals surface area contributed by atoms with Crippen molar-refractivity contribution in [3.05, 3.63) is 27.3 Å². The highest BCUT2D eigenvalue weighted by molar-refractivity contribution is 14.1. The predicted molar refractivity (Wildman–Crippen MR) is 79.6 cm³/mol. The molecular formula is C14H11F7IO4-. The van der Waals surface area contributed by atoms with Gasteiger partial charge in [0.2, 0.25) is 0 Å². The second kappa shape index (κ2) is 8.59. The van der Waals surface area contributed by atoms with Crippen LogP contribution in [0.3, 0.4) is 0 Å². The summed E-state index contributed by atoms with van der Waals surface area (Å²) in [6.45, 7) is -0.548. The summed E-state index contributed by atoms with van der Waals surface area (Å²) in [7, 11) is 0. The Morgan fingerprint density at radius 2 is 1.73 bits per heavy atom. The SMILES string of the molecule is O=C([O-])C(F)(F)Oc1ccc(COCCCC(F)(F)C(F)(F)F)cc1I. The topological polar surface area (TPSA) is 58.6 Å². The van der Waals surface area contributed by atoms with Crippen LogP contribution in [0.2, 0.25) is 0 Å². The molecular weight excluding hydrogens is 492 g/mol. The van der Waals surface area contributed by atoms with Gasteiger partial charge in [-0.3, -0.25) is 0 Å². The molecule has 26 heavy (non-hydrogen) atoms. The van der Waals surface area contributed by atoms with Crippen LogP contribution in [0.15, 0.2) is 18.2 Å². The zero-order valence-electron chi connectivity index (χ0n) is 12.7. The molecule has 0 saturated carbocycles. The van der Waals surface area contributed by atoms with Crippen molar-refractivity contribution in [2.75, 3.05) is 6.61 Å². The van der Waals surface area contributed by atoms with E-state index in [2.05, 4.69) is 4.74 Å². The number of alkyl halides is 7. The number of carbonyl (C=O) groups is 1. The van der Waals surface area contributed by atoms with Gasteiger partial charge < -0.3 is 19.4 Å². The molecule has 0 aliphatic carbocycles. The minimum absolute atomic E-state index is 0.105. The third kappa shape index (κ3) is 6.45. The maximum atomic E-state index is 12.9. The number of ether oxygens (including phenoxy) is 2. The first kappa shape index (κ1) is 22.7. The molecule has 0 heterocycles. The van der Waals surface area contributed by atoms with Crippen LogP contribution in [-0.4, -0.2) is 30.8 Å². The molecule has 4 nitrogen and oxygen atoms in total. The van der Waals surface area contributed by atoms with E-state index in [1.54, 1.807) is 22.6 Å². The summed E-state index contributed by atoms with van der Waals surface area (Å²) in [5.74, 6) is -7.95. The molecule has 0 bridgehead atoms. The monoisotopic (exact) mass is 503 g/mol. The molecule has 0 spiro atoms. The Bertz CT molecular complexity index is 634. The van der Waals surface area contributed by atoms with Gasteiger partial charge in [0, 0.05) is 13.0 Å². The van der Waals surface area contributed by atoms with Gasteiger partial charge in [-0.15, -0.1) is 0 Å². The average molecular weight is 503 g/mol. The number of carboxylic acid groups (broad SMARTS) is 1. The highest BCUT2D eigenvalue weighted by Gasteiger charge is 2.56. The van der Waals surface area contributed by atoms with Gasteiger partial charge in [0.1, 0.15) is 5.75 Å². The summed E-state index contributed by atoms with van der Waals surface area (Å²) in [4.78, 5) is 10.2. The third-order valence-electron chi connectivity index (χ3n) is 2.93. The highest BCUT2D eigenvalue weighted by Crippen LogP contribution is 2.38. The summed E-state index contributed by atoms with van der Waals surface area (Å²) < 4.78 is 96.2. The maximum Gasteiger partial charge on any atom is 0.453 e. The van der Waals surface area contributed by atoms with Crippen LogP contribution in [0.5, 0.6) is 5.75 Å². The Morgan fingerprint density at radius 3 is 2.23 bits per heavy atom. The van der Waals surface area contributed by atoms with Crippen LogP contribution in [0.1, 0.15) is 18.4 Å². The zero-order chi connectivity index (χ0) is 20.2. The van der Waals surface area contributed by atoms with E-state index in [4.69, 9.17) is 4.74 Å². The Balaban J connectivity index is 2.50. The second-order valence-corrected chi connectivity index (χ2v) is 6.19. The van der Waals surface area contributed by atoms with Gasteiger partial charge >= 0.3 is 18.2 Å². The van der Waals surface area contributed by atoms with Gasteiger partial charge in [0.05, 0.1) is 10.2 Å². The van der Waals surface area contributed by atoms with E-state index >= 15 is 0 Å². The number of hydrogen-bond acceptors (Lipinski definition) is 4. The van der Waals surface area contributed by atoms with Crippen LogP contribution in [0, 0.1) is 3.57 Å². The molecule has 0 fully saturated rings. The van der Waals surface area contributed by atoms with Gasteiger partial charge in [0.15, 0.2) is 5.97 Å². The molecule has 0 saturated heterocycles. The summed E-state index contributed by atoms with van der Waals surface area (Å²) >= 11 is 1.59. The van der Waals surface area contributed by atoms with Gasteiger partial charge in [-0.1, -0.05) is 6.07 Å². The molecule has 0 aliphatic heterocycles. The number of halogens is 8. The van der Waals surface area contributed by atoms with E-state index in [0.29, 0.717) is 5.56 Å². The number of carbonyl (C=O) groups excluding carboxylic acids is 1. The minimum atomic E-state index is -5.62. The quantitative estimate of drug-likeness (QED) is 0.294. The molecule has 0 unspecified atom stereocenters. The Labute approximate surface area is 156 Å². The average Bonchev–Trinajstić information content (AvgIpc) is 2.48. The molecule has 1 aromatic rings. The van der Waals surface area contributed by atoms with Gasteiger partial charge in [-0.05, 0) is 46.7 Å². The molecule has 0 aliphatic rings. The van der Waals surface area contributed by atoms with Crippen molar-refractivity contribution in [1.82, 2.24) is 0 Å². The van der Waals surface area contributed by atoms with Crippen LogP contribution in [-0.2, 0) is 16.1 Å². The molecule has 0 amide bonds. The normalized spacial score (nSPS) is 12.9. The van der Waals surface area contributed by atoms with E-state index in [9.17, 15) is 40.6 Å². The number of rotatable bonds is 9. The fraction of sp³-hybridized carbons (Fsp3) is 0.500. The summed E-state index contributed by atoms with van der Waals surface area (Å²) in [5, 5.41) is 10.2. The van der Waals surface area contributed by atoms with Crippen molar-refractivity contribution in [3.8, 4) is 5.75 Å². The fourth-order valence-corrected chi connectivity index (χ4v) is 2.31. The van der Waals surface area contributed by atoms with Crippen LogP contribution in [0.4, 0.5) is 30.7 Å². The first-order chi connectivity index (χ1) is 11.8. The van der Waals surface area contributed by atoms with Crippen molar-refractivity contribution >= 4 is 28.6 Å². The Hall–Kier alpha value is -1.31. The number of aliphatic carboxylic acids is 1. The van der Waals surface area contributed by atoms with Crippen molar-refractivity contribution in [3.63, 3.8) is 0 Å². The van der Waals surface area contributed by atoms with E-state index in [-0.39, 0.29) is 16.8 Å². The van der Waals surface area contributed by atoms with Gasteiger partial charge in [0.25, 0.3) is 0 Å². The number of benzene rings is 1. The van der Waals surface area contributed by atoms with E-state index in [1.807, 2.05) is 0 Å². The molecule has 12 heteroatoms. The van der Waals surface area contributed by atoms with E-state index < -0.39 is 42.8 Å². The van der Waals surface area contributed by atoms with Crippen molar-refractivity contribution < 1.29 is 50.1 Å². The molecule has 1 aromatic carbocycles.